The van der Waals surface area contributed by atoms with Crippen molar-refractivity contribution in [1.82, 2.24) is 9.78 Å². The minimum atomic E-state index is -0.601. The van der Waals surface area contributed by atoms with E-state index in [1.807, 2.05) is 0 Å². The topological polar surface area (TPSA) is 70.4 Å². The van der Waals surface area contributed by atoms with Crippen molar-refractivity contribution in [2.24, 2.45) is 0 Å². The van der Waals surface area contributed by atoms with Crippen molar-refractivity contribution in [2.45, 2.75) is 32.6 Å². The average Bonchev–Trinajstić information content (AvgIpc) is 3.18. The monoisotopic (exact) mass is 456 g/mol. The van der Waals surface area contributed by atoms with Gasteiger partial charge in [-0.25, -0.2) is 9.18 Å². The highest BCUT2D eigenvalue weighted by atomic mass is 35.5. The lowest BCUT2D eigenvalue weighted by Gasteiger charge is -2.15. The molecule has 2 aromatic carbocycles. The SMILES string of the molecule is CCOC(=O)c1ccc(-c2nn(C(=O)c3c(Cl)cccc3OC)c3c2CCCC3)c(F)c1. The van der Waals surface area contributed by atoms with Gasteiger partial charge in [-0.1, -0.05) is 17.7 Å². The third kappa shape index (κ3) is 3.88. The largest absolute Gasteiger partial charge is 0.496 e. The van der Waals surface area contributed by atoms with Gasteiger partial charge in [0.1, 0.15) is 17.1 Å². The summed E-state index contributed by atoms with van der Waals surface area (Å²) in [5.74, 6) is -1.28. The first-order valence-corrected chi connectivity index (χ1v) is 10.8. The van der Waals surface area contributed by atoms with Crippen LogP contribution in [-0.2, 0) is 17.6 Å². The van der Waals surface area contributed by atoms with Crippen LogP contribution < -0.4 is 4.74 Å². The van der Waals surface area contributed by atoms with Crippen LogP contribution in [0.5, 0.6) is 5.75 Å². The normalized spacial score (nSPS) is 12.9. The molecule has 1 aliphatic carbocycles. The van der Waals surface area contributed by atoms with E-state index in [0.29, 0.717) is 24.3 Å². The Bertz CT molecular complexity index is 1200. The van der Waals surface area contributed by atoms with Crippen molar-refractivity contribution in [1.29, 1.82) is 0 Å². The van der Waals surface area contributed by atoms with E-state index in [2.05, 4.69) is 5.10 Å². The number of methoxy groups -OCH3 is 1. The summed E-state index contributed by atoms with van der Waals surface area (Å²) in [5, 5.41) is 4.77. The van der Waals surface area contributed by atoms with Gasteiger partial charge in [0.05, 0.1) is 35.7 Å². The third-order valence-electron chi connectivity index (χ3n) is 5.52. The molecule has 0 aliphatic heterocycles. The van der Waals surface area contributed by atoms with Gasteiger partial charge in [-0.2, -0.15) is 9.78 Å². The van der Waals surface area contributed by atoms with E-state index in [-0.39, 0.29) is 28.3 Å². The quantitative estimate of drug-likeness (QED) is 0.500. The van der Waals surface area contributed by atoms with Crippen LogP contribution >= 0.6 is 11.6 Å². The van der Waals surface area contributed by atoms with Crippen LogP contribution in [0, 0.1) is 5.82 Å². The Morgan fingerprint density at radius 1 is 1.19 bits per heavy atom. The molecule has 1 heterocycles. The lowest BCUT2D eigenvalue weighted by atomic mass is 9.93. The molecular formula is C24H22ClFN2O4. The number of carbonyl (C=O) groups excluding carboxylic acids is 2. The Morgan fingerprint density at radius 2 is 1.97 bits per heavy atom. The predicted molar refractivity (Wildman–Crippen MR) is 118 cm³/mol. The number of esters is 1. The van der Waals surface area contributed by atoms with Gasteiger partial charge in [0.15, 0.2) is 0 Å². The second-order valence-corrected chi connectivity index (χ2v) is 7.84. The summed E-state index contributed by atoms with van der Waals surface area (Å²) in [4.78, 5) is 25.4. The smallest absolute Gasteiger partial charge is 0.338 e. The van der Waals surface area contributed by atoms with Crippen LogP contribution in [0.4, 0.5) is 4.39 Å². The summed E-state index contributed by atoms with van der Waals surface area (Å²) >= 11 is 6.31. The summed E-state index contributed by atoms with van der Waals surface area (Å²) < 4.78 is 26.6. The molecule has 4 rings (SSSR count). The summed E-state index contributed by atoms with van der Waals surface area (Å²) in [5.41, 5.74) is 2.53. The molecule has 0 amide bonds. The first kappa shape index (κ1) is 22.0. The number of fused-ring (bicyclic) bond motifs is 1. The zero-order valence-electron chi connectivity index (χ0n) is 17.8. The highest BCUT2D eigenvalue weighted by Gasteiger charge is 2.29. The number of hydrogen-bond donors (Lipinski definition) is 0. The van der Waals surface area contributed by atoms with Crippen molar-refractivity contribution in [3.8, 4) is 17.0 Å². The van der Waals surface area contributed by atoms with Gasteiger partial charge < -0.3 is 9.47 Å². The first-order valence-electron chi connectivity index (χ1n) is 10.4. The molecule has 0 saturated heterocycles. The van der Waals surface area contributed by atoms with E-state index >= 15 is 4.39 Å². The fourth-order valence-corrected chi connectivity index (χ4v) is 4.27. The highest BCUT2D eigenvalue weighted by Crippen LogP contribution is 2.35. The molecule has 0 fully saturated rings. The zero-order valence-corrected chi connectivity index (χ0v) is 18.5. The molecule has 0 bridgehead atoms. The highest BCUT2D eigenvalue weighted by molar-refractivity contribution is 6.34. The van der Waals surface area contributed by atoms with Crippen molar-refractivity contribution < 1.29 is 23.5 Å². The van der Waals surface area contributed by atoms with Crippen LogP contribution in [0.3, 0.4) is 0 Å². The van der Waals surface area contributed by atoms with Gasteiger partial charge in [0, 0.05) is 11.1 Å². The maximum atomic E-state index is 15.0. The van der Waals surface area contributed by atoms with E-state index in [1.165, 1.54) is 23.9 Å². The molecule has 6 nitrogen and oxygen atoms in total. The maximum absolute atomic E-state index is 15.0. The van der Waals surface area contributed by atoms with Gasteiger partial charge in [-0.05, 0) is 62.9 Å². The molecular weight excluding hydrogens is 435 g/mol. The molecule has 0 N–H and O–H groups in total. The Labute approximate surface area is 189 Å². The van der Waals surface area contributed by atoms with Crippen LogP contribution in [0.15, 0.2) is 36.4 Å². The van der Waals surface area contributed by atoms with Crippen LogP contribution in [0.1, 0.15) is 51.7 Å². The standard InChI is InChI=1S/C24H22ClFN2O4/c1-3-32-24(30)14-11-12-15(18(26)13-14)22-16-7-4-5-9-19(16)28(27-22)23(29)21-17(25)8-6-10-20(21)31-2/h6,8,10-13H,3-5,7,9H2,1-2H3. The number of hydrogen-bond acceptors (Lipinski definition) is 5. The van der Waals surface area contributed by atoms with Crippen molar-refractivity contribution in [3.05, 3.63) is 69.6 Å². The van der Waals surface area contributed by atoms with E-state index in [1.54, 1.807) is 25.1 Å². The molecule has 0 saturated carbocycles. The molecule has 1 aliphatic rings. The zero-order chi connectivity index (χ0) is 22.8. The number of benzene rings is 2. The van der Waals surface area contributed by atoms with Gasteiger partial charge in [0.25, 0.3) is 5.91 Å². The summed E-state index contributed by atoms with van der Waals surface area (Å²) in [6.45, 7) is 1.89. The average molecular weight is 457 g/mol. The van der Waals surface area contributed by atoms with E-state index < -0.39 is 17.7 Å². The van der Waals surface area contributed by atoms with Crippen molar-refractivity contribution in [3.63, 3.8) is 0 Å². The summed E-state index contributed by atoms with van der Waals surface area (Å²) in [6, 6.07) is 9.11. The van der Waals surface area contributed by atoms with Crippen LogP contribution in [0.25, 0.3) is 11.3 Å². The molecule has 32 heavy (non-hydrogen) atoms. The molecule has 166 valence electrons. The lowest BCUT2D eigenvalue weighted by Crippen LogP contribution is -2.19. The maximum Gasteiger partial charge on any atom is 0.338 e. The number of carbonyl (C=O) groups is 2. The van der Waals surface area contributed by atoms with Gasteiger partial charge in [-0.15, -0.1) is 0 Å². The van der Waals surface area contributed by atoms with E-state index in [0.717, 1.165) is 30.2 Å². The molecule has 0 spiro atoms. The van der Waals surface area contributed by atoms with Gasteiger partial charge in [0.2, 0.25) is 0 Å². The van der Waals surface area contributed by atoms with Crippen LogP contribution in [0.2, 0.25) is 5.02 Å². The minimum absolute atomic E-state index is 0.123. The fourth-order valence-electron chi connectivity index (χ4n) is 4.02. The van der Waals surface area contributed by atoms with Crippen LogP contribution in [-0.4, -0.2) is 35.4 Å². The second-order valence-electron chi connectivity index (χ2n) is 7.43. The fraction of sp³-hybridized carbons (Fsp3) is 0.292. The van der Waals surface area contributed by atoms with Crippen molar-refractivity contribution >= 4 is 23.5 Å². The second kappa shape index (κ2) is 9.12. The number of rotatable bonds is 5. The van der Waals surface area contributed by atoms with E-state index in [9.17, 15) is 9.59 Å². The Morgan fingerprint density at radius 3 is 2.69 bits per heavy atom. The predicted octanol–water partition coefficient (Wildman–Crippen LogP) is 5.10. The summed E-state index contributed by atoms with van der Waals surface area (Å²) in [6.07, 6.45) is 3.13. The van der Waals surface area contributed by atoms with Gasteiger partial charge in [-0.3, -0.25) is 4.79 Å². The lowest BCUT2D eigenvalue weighted by molar-refractivity contribution is 0.0525. The third-order valence-corrected chi connectivity index (χ3v) is 5.83. The first-order chi connectivity index (χ1) is 15.5. The summed E-state index contributed by atoms with van der Waals surface area (Å²) in [7, 11) is 1.47. The number of aromatic nitrogens is 2. The molecule has 8 heteroatoms. The molecule has 0 unspecified atom stereocenters. The molecule has 0 atom stereocenters. The number of halogens is 2. The Hall–Kier alpha value is -3.19. The molecule has 3 aromatic rings. The van der Waals surface area contributed by atoms with Gasteiger partial charge >= 0.3 is 5.97 Å². The minimum Gasteiger partial charge on any atom is -0.496 e. The van der Waals surface area contributed by atoms with E-state index in [4.69, 9.17) is 21.1 Å². The number of nitrogens with zero attached hydrogens (tertiary/aromatic N) is 2. The Balaban J connectivity index is 1.82. The Kier molecular flexibility index (Phi) is 6.28. The molecule has 0 radical (unpaired) electrons. The van der Waals surface area contributed by atoms with Crippen molar-refractivity contribution in [2.75, 3.05) is 13.7 Å². The number of ether oxygens (including phenoxy) is 2. The molecule has 1 aromatic heterocycles.